The molecule has 1 atom stereocenters. The van der Waals surface area contributed by atoms with E-state index in [0.29, 0.717) is 6.10 Å². The maximum Gasteiger partial charge on any atom is 0.123 e. The summed E-state index contributed by atoms with van der Waals surface area (Å²) >= 11 is 3.57. The Morgan fingerprint density at radius 1 is 1.39 bits per heavy atom. The predicted molar refractivity (Wildman–Crippen MR) is 77.0 cm³/mol. The van der Waals surface area contributed by atoms with E-state index >= 15 is 0 Å². The van der Waals surface area contributed by atoms with Gasteiger partial charge in [-0.1, -0.05) is 15.9 Å². The highest BCUT2D eigenvalue weighted by Crippen LogP contribution is 2.54. The van der Waals surface area contributed by atoms with Crippen molar-refractivity contribution in [1.82, 2.24) is 0 Å². The molecule has 2 nitrogen and oxygen atoms in total. The second kappa shape index (κ2) is 4.53. The van der Waals surface area contributed by atoms with Crippen LogP contribution in [0.3, 0.4) is 0 Å². The SMILES string of the molecule is CC(N)C1(c2cc(Br)ccc2OC2CCC2)CC1. The van der Waals surface area contributed by atoms with Gasteiger partial charge in [0.2, 0.25) is 0 Å². The molecule has 2 saturated carbocycles. The molecule has 1 aromatic carbocycles. The van der Waals surface area contributed by atoms with Gasteiger partial charge in [-0.05, 0) is 57.2 Å². The molecule has 0 saturated heterocycles. The van der Waals surface area contributed by atoms with Crippen LogP contribution in [0.5, 0.6) is 5.75 Å². The van der Waals surface area contributed by atoms with E-state index in [1.54, 1.807) is 0 Å². The molecule has 0 radical (unpaired) electrons. The third-order valence-electron chi connectivity index (χ3n) is 4.48. The Hall–Kier alpha value is -0.540. The molecule has 3 heteroatoms. The molecule has 0 bridgehead atoms. The van der Waals surface area contributed by atoms with Crippen LogP contribution >= 0.6 is 15.9 Å². The monoisotopic (exact) mass is 309 g/mol. The van der Waals surface area contributed by atoms with Crippen molar-refractivity contribution >= 4 is 15.9 Å². The van der Waals surface area contributed by atoms with E-state index < -0.39 is 0 Å². The fraction of sp³-hybridized carbons (Fsp3) is 0.600. The van der Waals surface area contributed by atoms with E-state index in [1.807, 2.05) is 0 Å². The molecule has 2 N–H and O–H groups in total. The molecule has 0 aromatic heterocycles. The lowest BCUT2D eigenvalue weighted by Gasteiger charge is -2.30. The Morgan fingerprint density at radius 3 is 2.61 bits per heavy atom. The van der Waals surface area contributed by atoms with Crippen molar-refractivity contribution in [3.8, 4) is 5.75 Å². The van der Waals surface area contributed by atoms with E-state index in [2.05, 4.69) is 41.1 Å². The van der Waals surface area contributed by atoms with Gasteiger partial charge in [0.15, 0.2) is 0 Å². The number of hydrogen-bond acceptors (Lipinski definition) is 2. The third-order valence-corrected chi connectivity index (χ3v) is 4.98. The van der Waals surface area contributed by atoms with Crippen LogP contribution < -0.4 is 10.5 Å². The van der Waals surface area contributed by atoms with Crippen LogP contribution in [0.15, 0.2) is 22.7 Å². The van der Waals surface area contributed by atoms with Gasteiger partial charge in [0.1, 0.15) is 5.75 Å². The number of halogens is 1. The Balaban J connectivity index is 1.93. The number of rotatable bonds is 4. The summed E-state index contributed by atoms with van der Waals surface area (Å²) in [5.74, 6) is 1.05. The normalized spacial score (nSPS) is 23.3. The summed E-state index contributed by atoms with van der Waals surface area (Å²) in [6.07, 6.45) is 6.48. The van der Waals surface area contributed by atoms with Crippen LogP contribution in [0.2, 0.25) is 0 Å². The highest BCUT2D eigenvalue weighted by molar-refractivity contribution is 9.10. The summed E-state index contributed by atoms with van der Waals surface area (Å²) in [5, 5.41) is 0. The van der Waals surface area contributed by atoms with E-state index in [-0.39, 0.29) is 11.5 Å². The summed E-state index contributed by atoms with van der Waals surface area (Å²) in [6, 6.07) is 6.55. The van der Waals surface area contributed by atoms with Crippen LogP contribution in [0.4, 0.5) is 0 Å². The summed E-state index contributed by atoms with van der Waals surface area (Å²) < 4.78 is 7.25. The summed E-state index contributed by atoms with van der Waals surface area (Å²) in [5.41, 5.74) is 7.65. The van der Waals surface area contributed by atoms with Gasteiger partial charge in [-0.25, -0.2) is 0 Å². The largest absolute Gasteiger partial charge is 0.490 e. The molecule has 2 fully saturated rings. The van der Waals surface area contributed by atoms with Crippen molar-refractivity contribution in [2.75, 3.05) is 0 Å². The van der Waals surface area contributed by atoms with E-state index in [1.165, 1.54) is 37.7 Å². The summed E-state index contributed by atoms with van der Waals surface area (Å²) in [4.78, 5) is 0. The fourth-order valence-corrected chi connectivity index (χ4v) is 3.13. The average molecular weight is 310 g/mol. The van der Waals surface area contributed by atoms with Crippen LogP contribution in [-0.4, -0.2) is 12.1 Å². The second-order valence-corrected chi connectivity index (χ2v) is 6.67. The fourth-order valence-electron chi connectivity index (χ4n) is 2.77. The third kappa shape index (κ3) is 2.08. The van der Waals surface area contributed by atoms with Crippen molar-refractivity contribution in [2.45, 2.75) is 56.6 Å². The zero-order valence-electron chi connectivity index (χ0n) is 10.8. The molecule has 1 aromatic rings. The van der Waals surface area contributed by atoms with Gasteiger partial charge in [-0.2, -0.15) is 0 Å². The molecule has 2 aliphatic rings. The van der Waals surface area contributed by atoms with Gasteiger partial charge in [0.05, 0.1) is 6.10 Å². The minimum absolute atomic E-state index is 0.156. The molecule has 0 heterocycles. The molecule has 0 amide bonds. The molecular formula is C15H20BrNO. The second-order valence-electron chi connectivity index (χ2n) is 5.76. The van der Waals surface area contributed by atoms with Crippen LogP contribution in [0.1, 0.15) is 44.6 Å². The topological polar surface area (TPSA) is 35.2 Å². The molecule has 2 aliphatic carbocycles. The summed E-state index contributed by atoms with van der Waals surface area (Å²) in [6.45, 7) is 2.11. The lowest BCUT2D eigenvalue weighted by molar-refractivity contribution is 0.118. The zero-order chi connectivity index (χ0) is 12.8. The van der Waals surface area contributed by atoms with Gasteiger partial charge in [-0.3, -0.25) is 0 Å². The standard InChI is InChI=1S/C15H20BrNO/c1-10(17)15(7-8-15)13-9-11(16)5-6-14(13)18-12-3-2-4-12/h5-6,9-10,12H,2-4,7-8,17H2,1H3. The van der Waals surface area contributed by atoms with Crippen molar-refractivity contribution < 1.29 is 4.74 Å². The lowest BCUT2D eigenvalue weighted by atomic mass is 9.88. The Kier molecular flexibility index (Phi) is 3.15. The first-order chi connectivity index (χ1) is 8.62. The average Bonchev–Trinajstić information content (AvgIpc) is 3.06. The number of nitrogens with two attached hydrogens (primary N) is 1. The highest BCUT2D eigenvalue weighted by atomic mass is 79.9. The molecule has 18 heavy (non-hydrogen) atoms. The van der Waals surface area contributed by atoms with Crippen molar-refractivity contribution in [3.63, 3.8) is 0 Å². The van der Waals surface area contributed by atoms with Crippen molar-refractivity contribution in [2.24, 2.45) is 5.73 Å². The minimum Gasteiger partial charge on any atom is -0.490 e. The number of ether oxygens (including phenoxy) is 1. The Bertz CT molecular complexity index is 450. The van der Waals surface area contributed by atoms with Gasteiger partial charge < -0.3 is 10.5 Å². The first-order valence-electron chi connectivity index (χ1n) is 6.84. The van der Waals surface area contributed by atoms with Crippen LogP contribution in [0.25, 0.3) is 0 Å². The van der Waals surface area contributed by atoms with Crippen LogP contribution in [0, 0.1) is 0 Å². The smallest absolute Gasteiger partial charge is 0.123 e. The highest BCUT2D eigenvalue weighted by Gasteiger charge is 2.49. The lowest BCUT2D eigenvalue weighted by Crippen LogP contribution is -2.33. The number of hydrogen-bond donors (Lipinski definition) is 1. The molecule has 3 rings (SSSR count). The van der Waals surface area contributed by atoms with Gasteiger partial charge in [-0.15, -0.1) is 0 Å². The maximum atomic E-state index is 6.19. The first-order valence-corrected chi connectivity index (χ1v) is 7.63. The molecule has 1 unspecified atom stereocenters. The quantitative estimate of drug-likeness (QED) is 0.919. The van der Waals surface area contributed by atoms with Gasteiger partial charge in [0.25, 0.3) is 0 Å². The molecule has 0 aliphatic heterocycles. The van der Waals surface area contributed by atoms with E-state index in [0.717, 1.165) is 10.2 Å². The van der Waals surface area contributed by atoms with E-state index in [9.17, 15) is 0 Å². The first kappa shape index (κ1) is 12.5. The number of benzene rings is 1. The maximum absolute atomic E-state index is 6.19. The Labute approximate surface area is 117 Å². The predicted octanol–water partition coefficient (Wildman–Crippen LogP) is 3.76. The van der Waals surface area contributed by atoms with Gasteiger partial charge >= 0.3 is 0 Å². The zero-order valence-corrected chi connectivity index (χ0v) is 12.4. The molecular weight excluding hydrogens is 290 g/mol. The minimum atomic E-state index is 0.156. The molecule has 98 valence electrons. The van der Waals surface area contributed by atoms with E-state index in [4.69, 9.17) is 10.5 Å². The van der Waals surface area contributed by atoms with Crippen molar-refractivity contribution in [3.05, 3.63) is 28.2 Å². The Morgan fingerprint density at radius 2 is 2.11 bits per heavy atom. The summed E-state index contributed by atoms with van der Waals surface area (Å²) in [7, 11) is 0. The van der Waals surface area contributed by atoms with Crippen LogP contribution in [-0.2, 0) is 5.41 Å². The molecule has 0 spiro atoms. The van der Waals surface area contributed by atoms with Crippen molar-refractivity contribution in [1.29, 1.82) is 0 Å². The van der Waals surface area contributed by atoms with Gasteiger partial charge in [0, 0.05) is 21.5 Å².